The molecule has 1 amide bonds. The number of aromatic amines is 1. The molecular weight excluding hydrogens is 484 g/mol. The number of aromatic nitrogens is 1. The summed E-state index contributed by atoms with van der Waals surface area (Å²) in [5, 5.41) is 23.2. The van der Waals surface area contributed by atoms with Crippen molar-refractivity contribution in [2.24, 2.45) is 0 Å². The number of methoxy groups -OCH3 is 3. The van der Waals surface area contributed by atoms with Gasteiger partial charge in [0.1, 0.15) is 6.61 Å². The molecule has 4 rings (SSSR count). The van der Waals surface area contributed by atoms with Gasteiger partial charge in [-0.15, -0.1) is 0 Å². The van der Waals surface area contributed by atoms with Crippen molar-refractivity contribution in [2.45, 2.75) is 12.5 Å². The summed E-state index contributed by atoms with van der Waals surface area (Å²) in [5.74, 6) is 6.56. The molecule has 0 aliphatic rings. The lowest BCUT2D eigenvalue weighted by Crippen LogP contribution is -2.39. The van der Waals surface area contributed by atoms with Gasteiger partial charge in [-0.25, -0.2) is 0 Å². The van der Waals surface area contributed by atoms with Crippen molar-refractivity contribution in [2.75, 3.05) is 34.5 Å². The molecule has 1 atom stereocenters. The molecule has 4 N–H and O–H groups in total. The van der Waals surface area contributed by atoms with E-state index in [1.54, 1.807) is 24.3 Å². The van der Waals surface area contributed by atoms with E-state index in [1.807, 2.05) is 36.5 Å². The minimum atomic E-state index is -0.501. The average molecular weight is 515 g/mol. The van der Waals surface area contributed by atoms with Crippen LogP contribution in [0.1, 0.15) is 21.5 Å². The molecule has 38 heavy (non-hydrogen) atoms. The number of benzene rings is 3. The van der Waals surface area contributed by atoms with Crippen LogP contribution in [0.3, 0.4) is 0 Å². The van der Waals surface area contributed by atoms with Crippen LogP contribution in [0.25, 0.3) is 22.0 Å². The number of fused-ring (bicyclic) bond motifs is 1. The van der Waals surface area contributed by atoms with Crippen LogP contribution in [0.15, 0.2) is 60.8 Å². The lowest BCUT2D eigenvalue weighted by atomic mass is 9.98. The first-order valence-corrected chi connectivity index (χ1v) is 12.0. The van der Waals surface area contributed by atoms with Crippen LogP contribution in [0, 0.1) is 11.8 Å². The average Bonchev–Trinajstić information content (AvgIpc) is 3.37. The third-order valence-electron chi connectivity index (χ3n) is 6.20. The summed E-state index contributed by atoms with van der Waals surface area (Å²) in [6.07, 6.45) is 2.35. The Balaban J connectivity index is 1.67. The van der Waals surface area contributed by atoms with Crippen LogP contribution in [-0.4, -0.2) is 61.7 Å². The highest BCUT2D eigenvalue weighted by Gasteiger charge is 2.19. The molecule has 0 saturated carbocycles. The molecule has 0 radical (unpaired) electrons. The van der Waals surface area contributed by atoms with E-state index in [0.717, 1.165) is 22.0 Å². The van der Waals surface area contributed by atoms with Crippen molar-refractivity contribution >= 4 is 16.8 Å². The highest BCUT2D eigenvalue weighted by molar-refractivity contribution is 5.96. The fourth-order valence-corrected chi connectivity index (χ4v) is 4.38. The van der Waals surface area contributed by atoms with Gasteiger partial charge in [0.25, 0.3) is 5.91 Å². The molecule has 0 fully saturated rings. The Kier molecular flexibility index (Phi) is 8.54. The molecule has 1 aromatic heterocycles. The number of hydrogen-bond donors (Lipinski definition) is 4. The van der Waals surface area contributed by atoms with E-state index >= 15 is 0 Å². The predicted molar refractivity (Wildman–Crippen MR) is 146 cm³/mol. The van der Waals surface area contributed by atoms with Gasteiger partial charge < -0.3 is 34.7 Å². The molecule has 0 aliphatic carbocycles. The zero-order valence-electron chi connectivity index (χ0n) is 21.5. The van der Waals surface area contributed by atoms with Gasteiger partial charge in [-0.3, -0.25) is 4.79 Å². The summed E-state index contributed by atoms with van der Waals surface area (Å²) in [6, 6.07) is 16.2. The maximum Gasteiger partial charge on any atom is 0.251 e. The Morgan fingerprint density at radius 3 is 2.34 bits per heavy atom. The van der Waals surface area contributed by atoms with Crippen molar-refractivity contribution in [1.82, 2.24) is 10.3 Å². The molecule has 0 bridgehead atoms. The lowest BCUT2D eigenvalue weighted by Gasteiger charge is -2.17. The van der Waals surface area contributed by atoms with Crippen molar-refractivity contribution in [3.8, 4) is 40.2 Å². The Morgan fingerprint density at radius 1 is 0.974 bits per heavy atom. The normalized spacial score (nSPS) is 11.4. The largest absolute Gasteiger partial charge is 0.493 e. The van der Waals surface area contributed by atoms with Crippen LogP contribution < -0.4 is 19.5 Å². The zero-order valence-corrected chi connectivity index (χ0v) is 21.5. The number of amides is 1. The van der Waals surface area contributed by atoms with E-state index in [9.17, 15) is 15.0 Å². The monoisotopic (exact) mass is 514 g/mol. The molecule has 8 heteroatoms. The molecule has 196 valence electrons. The number of nitrogens with one attached hydrogen (secondary N) is 2. The molecule has 4 aromatic rings. The quantitative estimate of drug-likeness (QED) is 0.254. The molecule has 1 heterocycles. The summed E-state index contributed by atoms with van der Waals surface area (Å²) >= 11 is 0. The number of aliphatic hydroxyl groups is 2. The SMILES string of the molecule is COc1cc(-c2cc(C#CCO)cc(C(=O)N[C@@H](CO)Cc3c[nH]c4ccccc34)c2)cc(OC)c1OC. The van der Waals surface area contributed by atoms with Gasteiger partial charge in [0.2, 0.25) is 5.75 Å². The fourth-order valence-electron chi connectivity index (χ4n) is 4.38. The fraction of sp³-hybridized carbons (Fsp3) is 0.233. The van der Waals surface area contributed by atoms with Crippen molar-refractivity contribution in [3.63, 3.8) is 0 Å². The number of carbonyl (C=O) groups is 1. The Bertz CT molecular complexity index is 1470. The maximum absolute atomic E-state index is 13.4. The summed E-state index contributed by atoms with van der Waals surface area (Å²) in [4.78, 5) is 16.6. The third-order valence-corrected chi connectivity index (χ3v) is 6.20. The van der Waals surface area contributed by atoms with Crippen LogP contribution in [0.4, 0.5) is 0 Å². The molecule has 0 unspecified atom stereocenters. The number of hydrogen-bond acceptors (Lipinski definition) is 6. The van der Waals surface area contributed by atoms with Crippen LogP contribution in [-0.2, 0) is 6.42 Å². The first kappa shape index (κ1) is 26.6. The van der Waals surface area contributed by atoms with Crippen LogP contribution in [0.2, 0.25) is 0 Å². The van der Waals surface area contributed by atoms with Gasteiger partial charge in [0, 0.05) is 28.2 Å². The molecular formula is C30H30N2O6. The molecule has 0 spiro atoms. The Labute approximate surface area is 221 Å². The van der Waals surface area contributed by atoms with E-state index in [-0.39, 0.29) is 19.1 Å². The number of rotatable bonds is 9. The van der Waals surface area contributed by atoms with Crippen LogP contribution in [0.5, 0.6) is 17.2 Å². The highest BCUT2D eigenvalue weighted by atomic mass is 16.5. The molecule has 3 aromatic carbocycles. The number of para-hydroxylation sites is 1. The van der Waals surface area contributed by atoms with Gasteiger partial charge in [0.15, 0.2) is 11.5 Å². The van der Waals surface area contributed by atoms with E-state index in [4.69, 9.17) is 14.2 Å². The van der Waals surface area contributed by atoms with Gasteiger partial charge >= 0.3 is 0 Å². The number of ether oxygens (including phenoxy) is 3. The summed E-state index contributed by atoms with van der Waals surface area (Å²) in [7, 11) is 4.60. The summed E-state index contributed by atoms with van der Waals surface area (Å²) in [5.41, 5.74) is 4.31. The number of aliphatic hydroxyl groups excluding tert-OH is 2. The molecule has 0 saturated heterocycles. The van der Waals surface area contributed by atoms with Crippen molar-refractivity contribution in [1.29, 1.82) is 0 Å². The summed E-state index contributed by atoms with van der Waals surface area (Å²) in [6.45, 7) is -0.540. The number of carbonyl (C=O) groups excluding carboxylic acids is 1. The zero-order chi connectivity index (χ0) is 27.1. The highest BCUT2D eigenvalue weighted by Crippen LogP contribution is 2.41. The Hall–Kier alpha value is -4.45. The minimum absolute atomic E-state index is 0.227. The summed E-state index contributed by atoms with van der Waals surface area (Å²) < 4.78 is 16.4. The van der Waals surface area contributed by atoms with Gasteiger partial charge in [0.05, 0.1) is 34.0 Å². The standard InChI is InChI=1S/C30H30N2O6/c1-36-27-15-21(16-28(37-2)29(27)38-3)20-11-19(7-6-10-33)12-22(13-20)30(35)32-24(18-34)14-23-17-31-26-9-5-4-8-25(23)26/h4-5,8-9,11-13,15-17,24,31,33-34H,10,14,18H2,1-3H3,(H,32,35)/t24-/m1/s1. The predicted octanol–water partition coefficient (Wildman–Crippen LogP) is 3.54. The van der Waals surface area contributed by atoms with Crippen molar-refractivity contribution in [3.05, 3.63) is 77.5 Å². The van der Waals surface area contributed by atoms with E-state index in [0.29, 0.717) is 40.4 Å². The lowest BCUT2D eigenvalue weighted by molar-refractivity contribution is 0.0916. The molecule has 8 nitrogen and oxygen atoms in total. The van der Waals surface area contributed by atoms with Crippen molar-refractivity contribution < 1.29 is 29.2 Å². The minimum Gasteiger partial charge on any atom is -0.493 e. The molecule has 0 aliphatic heterocycles. The van der Waals surface area contributed by atoms with E-state index < -0.39 is 6.04 Å². The van der Waals surface area contributed by atoms with E-state index in [2.05, 4.69) is 22.1 Å². The van der Waals surface area contributed by atoms with Gasteiger partial charge in [-0.2, -0.15) is 0 Å². The van der Waals surface area contributed by atoms with Gasteiger partial charge in [-0.05, 0) is 59.5 Å². The van der Waals surface area contributed by atoms with Crippen LogP contribution >= 0.6 is 0 Å². The maximum atomic E-state index is 13.4. The van der Waals surface area contributed by atoms with Gasteiger partial charge in [-0.1, -0.05) is 30.0 Å². The first-order valence-electron chi connectivity index (χ1n) is 12.0. The second-order valence-electron chi connectivity index (χ2n) is 8.59. The first-order chi connectivity index (χ1) is 18.5. The topological polar surface area (TPSA) is 113 Å². The second kappa shape index (κ2) is 12.2. The number of H-pyrrole nitrogens is 1. The van der Waals surface area contributed by atoms with E-state index in [1.165, 1.54) is 21.3 Å². The second-order valence-corrected chi connectivity index (χ2v) is 8.59. The smallest absolute Gasteiger partial charge is 0.251 e. The third kappa shape index (κ3) is 5.75. The Morgan fingerprint density at radius 2 is 1.68 bits per heavy atom.